The molecule has 6 heteroatoms. The first-order valence-corrected chi connectivity index (χ1v) is 9.13. The average molecular weight is 288 g/mol. The molecule has 1 aliphatic carbocycles. The van der Waals surface area contributed by atoms with Crippen molar-refractivity contribution in [2.24, 2.45) is 0 Å². The minimum absolute atomic E-state index is 0.125. The van der Waals surface area contributed by atoms with Crippen molar-refractivity contribution in [1.29, 1.82) is 0 Å². The number of sulfone groups is 1. The van der Waals surface area contributed by atoms with Crippen LogP contribution in [-0.2, 0) is 16.3 Å². The van der Waals surface area contributed by atoms with Crippen LogP contribution in [0, 0.1) is 6.92 Å². The van der Waals surface area contributed by atoms with Gasteiger partial charge >= 0.3 is 0 Å². The number of hydrogen-bond donors (Lipinski definition) is 1. The van der Waals surface area contributed by atoms with E-state index in [9.17, 15) is 8.42 Å². The molecule has 0 radical (unpaired) electrons. The number of hydrogen-bond acceptors (Lipinski definition) is 5. The number of nitrogens with one attached hydrogen (secondary N) is 1. The summed E-state index contributed by atoms with van der Waals surface area (Å²) in [7, 11) is -2.92. The normalized spacial score (nSPS) is 24.6. The Kier molecular flexibility index (Phi) is 4.40. The standard InChI is InChI=1S/C12H20N2O2S2/c1-9-14-10(8-17-9)6-7-13-11-4-3-5-12(11)18(2,15)16/h8,11-13H,3-7H2,1-2H3. The monoisotopic (exact) mass is 288 g/mol. The van der Waals surface area contributed by atoms with Gasteiger partial charge in [-0.15, -0.1) is 11.3 Å². The molecule has 1 fully saturated rings. The van der Waals surface area contributed by atoms with Crippen LogP contribution in [0.1, 0.15) is 30.0 Å². The second-order valence-electron chi connectivity index (χ2n) is 4.97. The fourth-order valence-corrected chi connectivity index (χ4v) is 4.65. The number of aryl methyl sites for hydroxylation is 1. The smallest absolute Gasteiger partial charge is 0.151 e. The first-order valence-electron chi connectivity index (χ1n) is 6.30. The molecule has 0 bridgehead atoms. The fraction of sp³-hybridized carbons (Fsp3) is 0.750. The zero-order valence-corrected chi connectivity index (χ0v) is 12.5. The molecule has 1 aromatic heterocycles. The van der Waals surface area contributed by atoms with Gasteiger partial charge in [-0.1, -0.05) is 6.42 Å². The lowest BCUT2D eigenvalue weighted by Crippen LogP contribution is -2.40. The highest BCUT2D eigenvalue weighted by Gasteiger charge is 2.34. The van der Waals surface area contributed by atoms with Crippen LogP contribution in [-0.4, -0.2) is 37.5 Å². The minimum Gasteiger partial charge on any atom is -0.312 e. The van der Waals surface area contributed by atoms with Crippen LogP contribution in [0.3, 0.4) is 0 Å². The molecule has 0 amide bonds. The summed E-state index contributed by atoms with van der Waals surface area (Å²) in [6.45, 7) is 2.80. The molecule has 1 N–H and O–H groups in total. The maximum Gasteiger partial charge on any atom is 0.151 e. The molecule has 2 atom stereocenters. The predicted octanol–water partition coefficient (Wildman–Crippen LogP) is 1.55. The van der Waals surface area contributed by atoms with E-state index < -0.39 is 9.84 Å². The molecule has 0 aromatic carbocycles. The second-order valence-corrected chi connectivity index (χ2v) is 8.29. The minimum atomic E-state index is -2.92. The van der Waals surface area contributed by atoms with Crippen LogP contribution in [0.5, 0.6) is 0 Å². The van der Waals surface area contributed by atoms with Gasteiger partial charge in [0.15, 0.2) is 9.84 Å². The van der Waals surface area contributed by atoms with Crippen LogP contribution >= 0.6 is 11.3 Å². The van der Waals surface area contributed by atoms with Crippen LogP contribution in [0.2, 0.25) is 0 Å². The van der Waals surface area contributed by atoms with Gasteiger partial charge in [-0.25, -0.2) is 13.4 Å². The molecule has 0 spiro atoms. The number of aromatic nitrogens is 1. The van der Waals surface area contributed by atoms with Crippen molar-refractivity contribution in [3.63, 3.8) is 0 Å². The molecule has 1 aliphatic rings. The lowest BCUT2D eigenvalue weighted by molar-refractivity contribution is 0.509. The van der Waals surface area contributed by atoms with E-state index >= 15 is 0 Å². The van der Waals surface area contributed by atoms with Crippen LogP contribution < -0.4 is 5.32 Å². The molecule has 2 unspecified atom stereocenters. The maximum atomic E-state index is 11.6. The zero-order valence-electron chi connectivity index (χ0n) is 10.8. The summed E-state index contributed by atoms with van der Waals surface area (Å²) in [5, 5.41) is 6.33. The molecular weight excluding hydrogens is 268 g/mol. The Labute approximate surface area is 113 Å². The quantitative estimate of drug-likeness (QED) is 0.893. The van der Waals surface area contributed by atoms with Gasteiger partial charge in [0, 0.05) is 30.6 Å². The van der Waals surface area contributed by atoms with Crippen molar-refractivity contribution in [2.75, 3.05) is 12.8 Å². The van der Waals surface area contributed by atoms with Crippen LogP contribution in [0.25, 0.3) is 0 Å². The fourth-order valence-electron chi connectivity index (χ4n) is 2.58. The number of rotatable bonds is 5. The molecule has 0 aliphatic heterocycles. The van der Waals surface area contributed by atoms with Gasteiger partial charge < -0.3 is 5.32 Å². The Morgan fingerprint density at radius 1 is 1.50 bits per heavy atom. The van der Waals surface area contributed by atoms with E-state index in [0.29, 0.717) is 0 Å². The third-order valence-electron chi connectivity index (χ3n) is 3.46. The third-order valence-corrected chi connectivity index (χ3v) is 5.94. The van der Waals surface area contributed by atoms with Gasteiger partial charge in [-0.3, -0.25) is 0 Å². The second kappa shape index (κ2) is 5.67. The van der Waals surface area contributed by atoms with Crippen molar-refractivity contribution in [1.82, 2.24) is 10.3 Å². The van der Waals surface area contributed by atoms with Gasteiger partial charge in [-0.05, 0) is 19.8 Å². The Hall–Kier alpha value is -0.460. The van der Waals surface area contributed by atoms with E-state index in [1.54, 1.807) is 11.3 Å². The van der Waals surface area contributed by atoms with E-state index in [0.717, 1.165) is 42.9 Å². The van der Waals surface area contributed by atoms with Gasteiger partial charge in [0.25, 0.3) is 0 Å². The highest BCUT2D eigenvalue weighted by atomic mass is 32.2. The summed E-state index contributed by atoms with van der Waals surface area (Å²) in [5.41, 5.74) is 1.10. The van der Waals surface area contributed by atoms with E-state index in [1.165, 1.54) is 6.26 Å². The van der Waals surface area contributed by atoms with Crippen molar-refractivity contribution in [2.45, 2.75) is 43.9 Å². The summed E-state index contributed by atoms with van der Waals surface area (Å²) in [4.78, 5) is 4.40. The Morgan fingerprint density at radius 2 is 2.28 bits per heavy atom. The third kappa shape index (κ3) is 3.52. The predicted molar refractivity (Wildman–Crippen MR) is 74.8 cm³/mol. The number of thiazole rings is 1. The molecule has 2 rings (SSSR count). The molecule has 0 saturated heterocycles. The first kappa shape index (κ1) is 14.0. The van der Waals surface area contributed by atoms with Crippen molar-refractivity contribution < 1.29 is 8.42 Å². The molecule has 102 valence electrons. The van der Waals surface area contributed by atoms with Gasteiger partial charge in [0.2, 0.25) is 0 Å². The Morgan fingerprint density at radius 3 is 2.89 bits per heavy atom. The Bertz CT molecular complexity index is 496. The molecule has 1 heterocycles. The lowest BCUT2D eigenvalue weighted by atomic mass is 10.2. The lowest BCUT2D eigenvalue weighted by Gasteiger charge is -2.19. The first-order chi connectivity index (χ1) is 8.47. The maximum absolute atomic E-state index is 11.6. The van der Waals surface area contributed by atoms with Crippen LogP contribution in [0.15, 0.2) is 5.38 Å². The summed E-state index contributed by atoms with van der Waals surface area (Å²) < 4.78 is 23.3. The van der Waals surface area contributed by atoms with Crippen molar-refractivity contribution in [3.05, 3.63) is 16.1 Å². The highest BCUT2D eigenvalue weighted by Crippen LogP contribution is 2.25. The molecule has 18 heavy (non-hydrogen) atoms. The largest absolute Gasteiger partial charge is 0.312 e. The summed E-state index contributed by atoms with van der Waals surface area (Å²) >= 11 is 1.66. The van der Waals surface area contributed by atoms with Gasteiger partial charge in [0.05, 0.1) is 16.0 Å². The topological polar surface area (TPSA) is 59.1 Å². The molecule has 1 aromatic rings. The summed E-state index contributed by atoms with van der Waals surface area (Å²) in [6.07, 6.45) is 4.99. The van der Waals surface area contributed by atoms with Gasteiger partial charge in [-0.2, -0.15) is 0 Å². The SMILES string of the molecule is Cc1nc(CCNC2CCCC2S(C)(=O)=O)cs1. The summed E-state index contributed by atoms with van der Waals surface area (Å²) in [6, 6.07) is 0.125. The highest BCUT2D eigenvalue weighted by molar-refractivity contribution is 7.91. The zero-order chi connectivity index (χ0) is 13.2. The van der Waals surface area contributed by atoms with E-state index in [-0.39, 0.29) is 11.3 Å². The van der Waals surface area contributed by atoms with Crippen molar-refractivity contribution >= 4 is 21.2 Å². The molecule has 1 saturated carbocycles. The van der Waals surface area contributed by atoms with E-state index in [1.807, 2.05) is 6.92 Å². The van der Waals surface area contributed by atoms with E-state index in [4.69, 9.17) is 0 Å². The molecule has 4 nitrogen and oxygen atoms in total. The Balaban J connectivity index is 1.83. The van der Waals surface area contributed by atoms with Gasteiger partial charge in [0.1, 0.15) is 0 Å². The van der Waals surface area contributed by atoms with E-state index in [2.05, 4.69) is 15.7 Å². The van der Waals surface area contributed by atoms with Crippen molar-refractivity contribution in [3.8, 4) is 0 Å². The molecular formula is C12H20N2O2S2. The average Bonchev–Trinajstić information content (AvgIpc) is 2.86. The summed E-state index contributed by atoms with van der Waals surface area (Å²) in [5.74, 6) is 0. The number of nitrogens with zero attached hydrogens (tertiary/aromatic N) is 1. The van der Waals surface area contributed by atoms with Crippen LogP contribution in [0.4, 0.5) is 0 Å².